The molecule has 0 atom stereocenters. The second-order valence-corrected chi connectivity index (χ2v) is 6.94. The molecule has 7 nitrogen and oxygen atoms in total. The van der Waals surface area contributed by atoms with Crippen LogP contribution >= 0.6 is 0 Å². The number of hydrogen-bond donors (Lipinski definition) is 1. The predicted octanol–water partition coefficient (Wildman–Crippen LogP) is 3.71. The molecule has 0 saturated heterocycles. The van der Waals surface area contributed by atoms with Gasteiger partial charge in [-0.2, -0.15) is 0 Å². The molecule has 2 rings (SSSR count). The SMILES string of the molecule is COc1ccc(CCN(C)CCCNc2cc(OC)c(OC)c(OC)c2)cc1OC. The zero-order valence-electron chi connectivity index (χ0n) is 18.9. The summed E-state index contributed by atoms with van der Waals surface area (Å²) in [5.41, 5.74) is 2.17. The Bertz CT molecular complexity index is 772. The third kappa shape index (κ3) is 6.35. The molecule has 0 amide bonds. The molecule has 7 heteroatoms. The highest BCUT2D eigenvalue weighted by molar-refractivity contribution is 5.62. The summed E-state index contributed by atoms with van der Waals surface area (Å²) >= 11 is 0. The summed E-state index contributed by atoms with van der Waals surface area (Å²) in [5, 5.41) is 3.43. The monoisotopic (exact) mass is 418 g/mol. The van der Waals surface area contributed by atoms with Crippen LogP contribution in [0.1, 0.15) is 12.0 Å². The summed E-state index contributed by atoms with van der Waals surface area (Å²) < 4.78 is 26.8. The fraction of sp³-hybridized carbons (Fsp3) is 0.478. The van der Waals surface area contributed by atoms with Crippen LogP contribution in [0.5, 0.6) is 28.7 Å². The fourth-order valence-corrected chi connectivity index (χ4v) is 3.23. The Kier molecular flexibility index (Phi) is 9.41. The van der Waals surface area contributed by atoms with Gasteiger partial charge in [0.15, 0.2) is 23.0 Å². The Morgan fingerprint density at radius 1 is 0.733 bits per heavy atom. The molecule has 0 aliphatic heterocycles. The van der Waals surface area contributed by atoms with E-state index >= 15 is 0 Å². The van der Waals surface area contributed by atoms with Crippen LogP contribution in [-0.4, -0.2) is 67.1 Å². The van der Waals surface area contributed by atoms with Gasteiger partial charge in [-0.1, -0.05) is 6.07 Å². The zero-order valence-corrected chi connectivity index (χ0v) is 18.9. The molecule has 2 aromatic rings. The van der Waals surface area contributed by atoms with Gasteiger partial charge in [0.2, 0.25) is 5.75 Å². The molecule has 0 saturated carbocycles. The molecule has 0 unspecified atom stereocenters. The van der Waals surface area contributed by atoms with Crippen molar-refractivity contribution in [2.24, 2.45) is 0 Å². The number of likely N-dealkylation sites (N-methyl/N-ethyl adjacent to an activating group) is 1. The molecular weight excluding hydrogens is 384 g/mol. The van der Waals surface area contributed by atoms with E-state index in [-0.39, 0.29) is 0 Å². The van der Waals surface area contributed by atoms with Crippen molar-refractivity contribution in [2.45, 2.75) is 12.8 Å². The van der Waals surface area contributed by atoms with Gasteiger partial charge in [0.25, 0.3) is 0 Å². The normalized spacial score (nSPS) is 10.6. The molecule has 1 N–H and O–H groups in total. The summed E-state index contributed by atoms with van der Waals surface area (Å²) in [6.45, 7) is 2.81. The number of methoxy groups -OCH3 is 5. The van der Waals surface area contributed by atoms with Crippen LogP contribution in [0, 0.1) is 0 Å². The molecular formula is C23H34N2O5. The molecule has 0 radical (unpaired) electrons. The van der Waals surface area contributed by atoms with E-state index in [0.29, 0.717) is 17.2 Å². The van der Waals surface area contributed by atoms with Gasteiger partial charge < -0.3 is 33.9 Å². The van der Waals surface area contributed by atoms with Crippen molar-refractivity contribution in [3.05, 3.63) is 35.9 Å². The number of hydrogen-bond acceptors (Lipinski definition) is 7. The van der Waals surface area contributed by atoms with Crippen molar-refractivity contribution < 1.29 is 23.7 Å². The van der Waals surface area contributed by atoms with Crippen molar-refractivity contribution in [3.63, 3.8) is 0 Å². The molecule has 0 aliphatic carbocycles. The summed E-state index contributed by atoms with van der Waals surface area (Å²) in [6, 6.07) is 9.92. The topological polar surface area (TPSA) is 61.4 Å². The second kappa shape index (κ2) is 12.0. The van der Waals surface area contributed by atoms with Crippen LogP contribution < -0.4 is 29.0 Å². The van der Waals surface area contributed by atoms with E-state index in [1.807, 2.05) is 24.3 Å². The van der Waals surface area contributed by atoms with Gasteiger partial charge in [-0.3, -0.25) is 0 Å². The number of rotatable bonds is 13. The number of benzene rings is 2. The lowest BCUT2D eigenvalue weighted by Gasteiger charge is -2.18. The molecule has 0 fully saturated rings. The second-order valence-electron chi connectivity index (χ2n) is 6.94. The highest BCUT2D eigenvalue weighted by Gasteiger charge is 2.13. The van der Waals surface area contributed by atoms with E-state index in [1.165, 1.54) is 5.56 Å². The highest BCUT2D eigenvalue weighted by Crippen LogP contribution is 2.39. The lowest BCUT2D eigenvalue weighted by molar-refractivity contribution is 0.324. The van der Waals surface area contributed by atoms with E-state index in [0.717, 1.165) is 49.7 Å². The molecule has 0 aliphatic rings. The van der Waals surface area contributed by atoms with Crippen LogP contribution in [0.4, 0.5) is 5.69 Å². The first kappa shape index (κ1) is 23.5. The fourth-order valence-electron chi connectivity index (χ4n) is 3.23. The molecule has 0 aromatic heterocycles. The van der Waals surface area contributed by atoms with Gasteiger partial charge >= 0.3 is 0 Å². The molecule has 2 aromatic carbocycles. The molecule has 0 heterocycles. The van der Waals surface area contributed by atoms with E-state index in [4.69, 9.17) is 23.7 Å². The molecule has 0 bridgehead atoms. The minimum absolute atomic E-state index is 0.598. The minimum Gasteiger partial charge on any atom is -0.493 e. The zero-order chi connectivity index (χ0) is 21.9. The van der Waals surface area contributed by atoms with E-state index in [9.17, 15) is 0 Å². The summed E-state index contributed by atoms with van der Waals surface area (Å²) in [6.07, 6.45) is 1.97. The maximum atomic E-state index is 5.40. The summed E-state index contributed by atoms with van der Waals surface area (Å²) in [7, 11) is 10.3. The number of nitrogens with one attached hydrogen (secondary N) is 1. The third-order valence-electron chi connectivity index (χ3n) is 4.94. The van der Waals surface area contributed by atoms with Crippen molar-refractivity contribution in [1.29, 1.82) is 0 Å². The average Bonchev–Trinajstić information content (AvgIpc) is 2.79. The van der Waals surface area contributed by atoms with Gasteiger partial charge in [-0.15, -0.1) is 0 Å². The Labute approximate surface area is 179 Å². The smallest absolute Gasteiger partial charge is 0.203 e. The summed E-state index contributed by atoms with van der Waals surface area (Å²) in [5.74, 6) is 3.41. The van der Waals surface area contributed by atoms with Crippen LogP contribution in [0.25, 0.3) is 0 Å². The molecule has 0 spiro atoms. The first-order chi connectivity index (χ1) is 14.6. The van der Waals surface area contributed by atoms with Gasteiger partial charge in [0.05, 0.1) is 35.5 Å². The van der Waals surface area contributed by atoms with Crippen molar-refractivity contribution in [3.8, 4) is 28.7 Å². The maximum absolute atomic E-state index is 5.40. The van der Waals surface area contributed by atoms with E-state index < -0.39 is 0 Å². The van der Waals surface area contributed by atoms with Crippen LogP contribution in [0.3, 0.4) is 0 Å². The average molecular weight is 419 g/mol. The van der Waals surface area contributed by atoms with Crippen LogP contribution in [-0.2, 0) is 6.42 Å². The maximum Gasteiger partial charge on any atom is 0.203 e. The Morgan fingerprint density at radius 2 is 1.37 bits per heavy atom. The largest absolute Gasteiger partial charge is 0.493 e. The van der Waals surface area contributed by atoms with E-state index in [1.54, 1.807) is 35.5 Å². The first-order valence-corrected chi connectivity index (χ1v) is 9.99. The summed E-state index contributed by atoms with van der Waals surface area (Å²) in [4.78, 5) is 2.33. The van der Waals surface area contributed by atoms with Crippen molar-refractivity contribution in [1.82, 2.24) is 4.90 Å². The number of anilines is 1. The van der Waals surface area contributed by atoms with Gasteiger partial charge in [0.1, 0.15) is 0 Å². The number of ether oxygens (including phenoxy) is 5. The Morgan fingerprint density at radius 3 is 1.93 bits per heavy atom. The first-order valence-electron chi connectivity index (χ1n) is 9.99. The molecule has 30 heavy (non-hydrogen) atoms. The quantitative estimate of drug-likeness (QED) is 0.498. The number of nitrogens with zero attached hydrogens (tertiary/aromatic N) is 1. The lowest BCUT2D eigenvalue weighted by atomic mass is 10.1. The van der Waals surface area contributed by atoms with Crippen LogP contribution in [0.15, 0.2) is 30.3 Å². The molecule has 166 valence electrons. The van der Waals surface area contributed by atoms with Gasteiger partial charge in [-0.25, -0.2) is 0 Å². The van der Waals surface area contributed by atoms with Crippen molar-refractivity contribution >= 4 is 5.69 Å². The van der Waals surface area contributed by atoms with E-state index in [2.05, 4.69) is 23.3 Å². The standard InChI is InChI=1S/C23H34N2O5/c1-25(13-10-17-8-9-19(26-2)20(14-17)27-3)12-7-11-24-18-15-21(28-4)23(30-6)22(16-18)29-5/h8-9,14-16,24H,7,10-13H2,1-6H3. The van der Waals surface area contributed by atoms with Gasteiger partial charge in [0, 0.05) is 30.9 Å². The van der Waals surface area contributed by atoms with Gasteiger partial charge in [-0.05, 0) is 44.1 Å². The van der Waals surface area contributed by atoms with Crippen LogP contribution in [0.2, 0.25) is 0 Å². The third-order valence-corrected chi connectivity index (χ3v) is 4.94. The predicted molar refractivity (Wildman–Crippen MR) is 120 cm³/mol. The minimum atomic E-state index is 0.598. The lowest BCUT2D eigenvalue weighted by Crippen LogP contribution is -2.24. The highest BCUT2D eigenvalue weighted by atomic mass is 16.5. The van der Waals surface area contributed by atoms with Crippen molar-refractivity contribution in [2.75, 3.05) is 67.5 Å². The Hall–Kier alpha value is -2.80. The Balaban J connectivity index is 1.79.